The molecule has 0 N–H and O–H groups in total. The predicted octanol–water partition coefficient (Wildman–Crippen LogP) is 3.39. The predicted molar refractivity (Wildman–Crippen MR) is 97.4 cm³/mol. The van der Waals surface area contributed by atoms with Crippen LogP contribution in [0.1, 0.15) is 11.6 Å². The third kappa shape index (κ3) is 3.85. The minimum absolute atomic E-state index is 0.118. The molecule has 0 unspecified atom stereocenters. The molecular weight excluding hydrogens is 425 g/mol. The first-order valence-corrected chi connectivity index (χ1v) is 10.1. The van der Waals surface area contributed by atoms with E-state index in [1.807, 2.05) is 0 Å². The number of ether oxygens (including phenoxy) is 1. The molecule has 0 atom stereocenters. The van der Waals surface area contributed by atoms with Gasteiger partial charge in [0, 0.05) is 18.0 Å². The van der Waals surface area contributed by atoms with Crippen LogP contribution in [0.5, 0.6) is 5.75 Å². The Kier molecular flexibility index (Phi) is 4.73. The van der Waals surface area contributed by atoms with Crippen molar-refractivity contribution < 1.29 is 30.8 Å². The van der Waals surface area contributed by atoms with Gasteiger partial charge in [0.2, 0.25) is 5.82 Å². The summed E-state index contributed by atoms with van der Waals surface area (Å²) in [6.45, 7) is 0. The molecule has 4 aromatic rings. The quantitative estimate of drug-likeness (QED) is 0.471. The van der Waals surface area contributed by atoms with Gasteiger partial charge in [0.1, 0.15) is 11.4 Å². The Hall–Kier alpha value is -3.41. The monoisotopic (exact) mass is 438 g/mol. The molecule has 3 aromatic heterocycles. The van der Waals surface area contributed by atoms with Crippen LogP contribution in [0.2, 0.25) is 0 Å². The molecule has 0 aliphatic heterocycles. The van der Waals surface area contributed by atoms with Crippen molar-refractivity contribution in [2.24, 2.45) is 0 Å². The van der Waals surface area contributed by atoms with E-state index in [4.69, 9.17) is 4.74 Å². The molecule has 0 amide bonds. The highest BCUT2D eigenvalue weighted by molar-refractivity contribution is 7.90. The highest BCUT2D eigenvalue weighted by atomic mass is 32.2. The maximum Gasteiger partial charge on any atom is 0.471 e. The first kappa shape index (κ1) is 19.9. The second-order valence-electron chi connectivity index (χ2n) is 6.27. The zero-order valence-corrected chi connectivity index (χ0v) is 16.1. The Morgan fingerprint density at radius 2 is 1.87 bits per heavy atom. The van der Waals surface area contributed by atoms with E-state index in [1.165, 1.54) is 43.8 Å². The van der Waals surface area contributed by atoms with E-state index in [0.717, 1.165) is 0 Å². The van der Waals surface area contributed by atoms with Crippen molar-refractivity contribution in [3.8, 4) is 17.1 Å². The molecular formula is C18H13F3N4O4S. The molecule has 0 aliphatic rings. The van der Waals surface area contributed by atoms with Crippen LogP contribution in [-0.2, 0) is 21.8 Å². The summed E-state index contributed by atoms with van der Waals surface area (Å²) in [5.41, 5.74) is 0.842. The third-order valence-electron chi connectivity index (χ3n) is 4.19. The van der Waals surface area contributed by atoms with Gasteiger partial charge in [0.15, 0.2) is 9.84 Å². The normalized spacial score (nSPS) is 12.4. The molecule has 0 saturated heterocycles. The Morgan fingerprint density at radius 3 is 2.50 bits per heavy atom. The van der Waals surface area contributed by atoms with Crippen LogP contribution in [0, 0.1) is 0 Å². The standard InChI is InChI=1S/C18H13F3N4O4S/c1-28-13-2-4-14(5-3-13)30(26,27)10-12-9-25-7-6-11(8-15(25)22-12)16-23-17(29-24-16)18(19,20)21/h2-9H,10H2,1H3. The van der Waals surface area contributed by atoms with Gasteiger partial charge in [-0.25, -0.2) is 13.4 Å². The molecule has 4 rings (SSSR count). The summed E-state index contributed by atoms with van der Waals surface area (Å²) < 4.78 is 74.0. The summed E-state index contributed by atoms with van der Waals surface area (Å²) in [5.74, 6) is -1.52. The number of alkyl halides is 3. The highest BCUT2D eigenvalue weighted by Gasteiger charge is 2.38. The first-order valence-electron chi connectivity index (χ1n) is 8.41. The maximum absolute atomic E-state index is 12.6. The number of sulfone groups is 1. The molecule has 3 heterocycles. The fourth-order valence-electron chi connectivity index (χ4n) is 2.76. The summed E-state index contributed by atoms with van der Waals surface area (Å²) >= 11 is 0. The molecule has 12 heteroatoms. The Balaban J connectivity index is 1.61. The summed E-state index contributed by atoms with van der Waals surface area (Å²) in [5, 5.41) is 3.33. The summed E-state index contributed by atoms with van der Waals surface area (Å²) in [4.78, 5) is 7.70. The molecule has 0 saturated carbocycles. The van der Waals surface area contributed by atoms with Gasteiger partial charge in [-0.05, 0) is 36.4 Å². The Bertz CT molecular complexity index is 1310. The van der Waals surface area contributed by atoms with Crippen molar-refractivity contribution in [2.75, 3.05) is 7.11 Å². The molecule has 8 nitrogen and oxygen atoms in total. The Morgan fingerprint density at radius 1 is 1.13 bits per heavy atom. The number of hydrogen-bond donors (Lipinski definition) is 0. The number of aromatic nitrogens is 4. The Labute approximate surface area is 167 Å². The lowest BCUT2D eigenvalue weighted by atomic mass is 10.2. The average Bonchev–Trinajstić information content (AvgIpc) is 3.33. The molecule has 30 heavy (non-hydrogen) atoms. The number of hydrogen-bond acceptors (Lipinski definition) is 7. The molecule has 0 bridgehead atoms. The lowest BCUT2D eigenvalue weighted by Crippen LogP contribution is -2.05. The van der Waals surface area contributed by atoms with Crippen molar-refractivity contribution in [1.82, 2.24) is 19.5 Å². The smallest absolute Gasteiger partial charge is 0.471 e. The van der Waals surface area contributed by atoms with Crippen LogP contribution in [0.25, 0.3) is 17.0 Å². The maximum atomic E-state index is 12.6. The van der Waals surface area contributed by atoms with Gasteiger partial charge < -0.3 is 13.7 Å². The fraction of sp³-hybridized carbons (Fsp3) is 0.167. The van der Waals surface area contributed by atoms with E-state index in [0.29, 0.717) is 11.4 Å². The van der Waals surface area contributed by atoms with Crippen molar-refractivity contribution >= 4 is 15.5 Å². The van der Waals surface area contributed by atoms with Crippen LogP contribution >= 0.6 is 0 Å². The number of pyridine rings is 1. The molecule has 1 aromatic carbocycles. The van der Waals surface area contributed by atoms with E-state index >= 15 is 0 Å². The SMILES string of the molecule is COc1ccc(S(=O)(=O)Cc2cn3ccc(-c4noc(C(F)(F)F)n4)cc3n2)cc1. The second kappa shape index (κ2) is 7.13. The largest absolute Gasteiger partial charge is 0.497 e. The van der Waals surface area contributed by atoms with Crippen LogP contribution in [0.3, 0.4) is 0 Å². The average molecular weight is 438 g/mol. The first-order chi connectivity index (χ1) is 14.2. The van der Waals surface area contributed by atoms with Gasteiger partial charge in [-0.2, -0.15) is 18.2 Å². The van der Waals surface area contributed by atoms with Gasteiger partial charge >= 0.3 is 12.1 Å². The molecule has 0 aliphatic carbocycles. The molecule has 0 fully saturated rings. The second-order valence-corrected chi connectivity index (χ2v) is 8.26. The number of rotatable bonds is 5. The lowest BCUT2D eigenvalue weighted by Gasteiger charge is -2.04. The van der Waals surface area contributed by atoms with E-state index in [1.54, 1.807) is 16.5 Å². The third-order valence-corrected chi connectivity index (χ3v) is 5.86. The molecule has 0 spiro atoms. The van der Waals surface area contributed by atoms with Gasteiger partial charge in [-0.1, -0.05) is 5.16 Å². The van der Waals surface area contributed by atoms with Crippen LogP contribution in [-0.4, -0.2) is 35.1 Å². The highest BCUT2D eigenvalue weighted by Crippen LogP contribution is 2.29. The number of imidazole rings is 1. The van der Waals surface area contributed by atoms with E-state index in [2.05, 4.69) is 19.6 Å². The molecule has 0 radical (unpaired) electrons. The number of halogens is 3. The van der Waals surface area contributed by atoms with E-state index in [-0.39, 0.29) is 27.7 Å². The minimum Gasteiger partial charge on any atom is -0.497 e. The minimum atomic E-state index is -4.74. The number of nitrogens with zero attached hydrogens (tertiary/aromatic N) is 4. The zero-order valence-electron chi connectivity index (χ0n) is 15.3. The number of methoxy groups -OCH3 is 1. The number of fused-ring (bicyclic) bond motifs is 1. The number of benzene rings is 1. The summed E-state index contributed by atoms with van der Waals surface area (Å²) in [7, 11) is -2.18. The van der Waals surface area contributed by atoms with Crippen molar-refractivity contribution in [3.63, 3.8) is 0 Å². The van der Waals surface area contributed by atoms with Crippen LogP contribution in [0.15, 0.2) is 58.2 Å². The van der Waals surface area contributed by atoms with Crippen LogP contribution < -0.4 is 4.74 Å². The van der Waals surface area contributed by atoms with Crippen molar-refractivity contribution in [3.05, 3.63) is 60.4 Å². The zero-order chi connectivity index (χ0) is 21.5. The topological polar surface area (TPSA) is 99.6 Å². The lowest BCUT2D eigenvalue weighted by molar-refractivity contribution is -0.159. The molecule has 156 valence electrons. The van der Waals surface area contributed by atoms with Gasteiger partial charge in [-0.3, -0.25) is 0 Å². The van der Waals surface area contributed by atoms with Crippen molar-refractivity contribution in [1.29, 1.82) is 0 Å². The van der Waals surface area contributed by atoms with Gasteiger partial charge in [0.25, 0.3) is 0 Å². The van der Waals surface area contributed by atoms with Gasteiger partial charge in [0.05, 0.1) is 23.5 Å². The van der Waals surface area contributed by atoms with Crippen molar-refractivity contribution in [2.45, 2.75) is 16.8 Å². The van der Waals surface area contributed by atoms with E-state index in [9.17, 15) is 21.6 Å². The van der Waals surface area contributed by atoms with E-state index < -0.39 is 21.9 Å². The summed E-state index contributed by atoms with van der Waals surface area (Å²) in [6.07, 6.45) is -1.70. The summed E-state index contributed by atoms with van der Waals surface area (Å²) in [6, 6.07) is 8.88. The fourth-order valence-corrected chi connectivity index (χ4v) is 4.01. The van der Waals surface area contributed by atoms with Gasteiger partial charge in [-0.15, -0.1) is 0 Å². The van der Waals surface area contributed by atoms with Crippen LogP contribution in [0.4, 0.5) is 13.2 Å².